The smallest absolute Gasteiger partial charge is 0.462 e. The number of phosphoric acid groups is 3. The van der Waals surface area contributed by atoms with E-state index in [1.54, 1.807) is 31.2 Å². The van der Waals surface area contributed by atoms with E-state index in [4.69, 9.17) is 49.5 Å². The molecule has 7 atom stereocenters. The maximum Gasteiger partial charge on any atom is 0.490 e. The summed E-state index contributed by atoms with van der Waals surface area (Å²) < 4.78 is 76.3. The van der Waals surface area contributed by atoms with Crippen molar-refractivity contribution in [1.29, 1.82) is 0 Å². The van der Waals surface area contributed by atoms with Gasteiger partial charge in [0.05, 0.1) is 50.7 Å². The number of phosphoric ester groups is 1. The van der Waals surface area contributed by atoms with Crippen molar-refractivity contribution in [3.8, 4) is 11.8 Å². The molecule has 2 heterocycles. The Morgan fingerprint density at radius 2 is 1.66 bits per heavy atom. The molecule has 1 saturated heterocycles. The molecule has 402 valence electrons. The summed E-state index contributed by atoms with van der Waals surface area (Å²) in [5.74, 6) is 2.81. The van der Waals surface area contributed by atoms with Crippen molar-refractivity contribution in [3.63, 3.8) is 0 Å². The van der Waals surface area contributed by atoms with Gasteiger partial charge in [-0.1, -0.05) is 63.8 Å². The summed E-state index contributed by atoms with van der Waals surface area (Å²) in [6.45, 7) is 3.18. The van der Waals surface area contributed by atoms with Crippen LogP contribution in [0.3, 0.4) is 0 Å². The molecule has 0 radical (unpaired) electrons. The number of amides is 1. The van der Waals surface area contributed by atoms with Crippen molar-refractivity contribution in [3.05, 3.63) is 103 Å². The van der Waals surface area contributed by atoms with Gasteiger partial charge in [-0.3, -0.25) is 28.5 Å². The van der Waals surface area contributed by atoms with E-state index in [0.717, 1.165) is 10.8 Å². The molecule has 5 unspecified atom stereocenters. The van der Waals surface area contributed by atoms with Crippen LogP contribution in [0, 0.1) is 11.8 Å². The Balaban J connectivity index is 1.36. The Kier molecular flexibility index (Phi) is 24.4. The number of ether oxygens (including phenoxy) is 5. The fourth-order valence-corrected chi connectivity index (χ4v) is 11.5. The van der Waals surface area contributed by atoms with Crippen molar-refractivity contribution >= 4 is 68.7 Å². The number of nitrogens with two attached hydrogens (primary N) is 2. The molecule has 0 saturated carbocycles. The van der Waals surface area contributed by atoms with E-state index in [9.17, 15) is 52.2 Å². The monoisotopic (exact) mass is 1120 g/mol. The predicted molar refractivity (Wildman–Crippen MR) is 263 cm³/mol. The highest BCUT2D eigenvalue weighted by Gasteiger charge is 2.44. The number of hydrogen-bond acceptors (Lipinski definition) is 21. The largest absolute Gasteiger partial charge is 0.490 e. The molecule has 31 heteroatoms. The SMILES string of the molecule is CSSC(C)c1ccc(C(=O)COCCOCCN)cc1C(=O)OCCCCC(=O)NCC#Cc1cn([C@H]2C[C@@H](OC(=O)c3ccccc3C(C)N)C(COP(=O)(O)OP(=O)(O)OP(=O)(O)O)O2)c(=O)[nH]c1=O. The van der Waals surface area contributed by atoms with Crippen LogP contribution in [-0.4, -0.2) is 124 Å². The minimum absolute atomic E-state index is 0.0173. The van der Waals surface area contributed by atoms with Crippen LogP contribution in [0.5, 0.6) is 0 Å². The van der Waals surface area contributed by atoms with Gasteiger partial charge in [0.1, 0.15) is 30.6 Å². The van der Waals surface area contributed by atoms with E-state index in [0.29, 0.717) is 37.1 Å². The van der Waals surface area contributed by atoms with Gasteiger partial charge < -0.3 is 60.0 Å². The van der Waals surface area contributed by atoms with Crippen molar-refractivity contribution in [2.45, 2.75) is 69.3 Å². The molecular weight excluding hydrogens is 1070 g/mol. The first-order valence-electron chi connectivity index (χ1n) is 21.9. The molecule has 0 aliphatic carbocycles. The Morgan fingerprint density at radius 3 is 2.36 bits per heavy atom. The van der Waals surface area contributed by atoms with Gasteiger partial charge in [0, 0.05) is 42.4 Å². The number of rotatable bonds is 29. The van der Waals surface area contributed by atoms with Crippen molar-refractivity contribution in [1.82, 2.24) is 14.9 Å². The second kappa shape index (κ2) is 29.1. The second-order valence-corrected chi connectivity index (χ2v) is 22.8. The lowest BCUT2D eigenvalue weighted by molar-refractivity contribution is -0.121. The van der Waals surface area contributed by atoms with E-state index in [-0.39, 0.29) is 79.1 Å². The molecule has 10 N–H and O–H groups in total. The first-order valence-corrected chi connectivity index (χ1v) is 29.1. The first kappa shape index (κ1) is 61.2. The maximum atomic E-state index is 13.4. The lowest BCUT2D eigenvalue weighted by Gasteiger charge is -2.21. The Hall–Kier alpha value is -4.33. The molecular formula is C42H56N5O21P3S2. The van der Waals surface area contributed by atoms with Crippen LogP contribution in [-0.2, 0) is 55.3 Å². The zero-order valence-electron chi connectivity index (χ0n) is 39.5. The van der Waals surface area contributed by atoms with Crippen LogP contribution in [0.4, 0.5) is 0 Å². The number of esters is 2. The van der Waals surface area contributed by atoms with Crippen LogP contribution in [0.25, 0.3) is 0 Å². The molecule has 2 aromatic carbocycles. The molecule has 73 heavy (non-hydrogen) atoms. The van der Waals surface area contributed by atoms with Crippen molar-refractivity contribution in [2.75, 3.05) is 59.0 Å². The van der Waals surface area contributed by atoms with Gasteiger partial charge in [0.2, 0.25) is 5.91 Å². The Bertz CT molecular complexity index is 2740. The first-order chi connectivity index (χ1) is 34.4. The average molecular weight is 1120 g/mol. The van der Waals surface area contributed by atoms with Gasteiger partial charge in [0.25, 0.3) is 5.56 Å². The van der Waals surface area contributed by atoms with Crippen LogP contribution >= 0.6 is 45.1 Å². The van der Waals surface area contributed by atoms with E-state index >= 15 is 0 Å². The number of Topliss-reactive ketones (excluding diaryl/α,β-unsaturated/α-hetero) is 1. The number of nitrogens with one attached hydrogen (secondary N) is 2. The number of aromatic nitrogens is 2. The number of nitrogens with zero attached hydrogens (tertiary/aromatic N) is 1. The summed E-state index contributed by atoms with van der Waals surface area (Å²) >= 11 is 0. The molecule has 1 fully saturated rings. The quantitative estimate of drug-likeness (QED) is 0.0124. The van der Waals surface area contributed by atoms with Gasteiger partial charge >= 0.3 is 41.1 Å². The highest BCUT2D eigenvalue weighted by molar-refractivity contribution is 8.76. The lowest BCUT2D eigenvalue weighted by Crippen LogP contribution is -2.34. The van der Waals surface area contributed by atoms with Gasteiger partial charge in [-0.05, 0) is 56.2 Å². The number of carbonyl (C=O) groups is 4. The third-order valence-electron chi connectivity index (χ3n) is 9.98. The molecule has 1 aliphatic rings. The van der Waals surface area contributed by atoms with Gasteiger partial charge in [-0.15, -0.1) is 0 Å². The van der Waals surface area contributed by atoms with Crippen LogP contribution < -0.4 is 28.0 Å². The van der Waals surface area contributed by atoms with Crippen LogP contribution in [0.1, 0.15) is 105 Å². The number of benzene rings is 2. The van der Waals surface area contributed by atoms with E-state index in [2.05, 4.69) is 30.8 Å². The number of aromatic amines is 1. The molecule has 1 aromatic heterocycles. The molecule has 4 rings (SSSR count). The number of hydrogen-bond donors (Lipinski definition) is 8. The zero-order chi connectivity index (χ0) is 53.9. The summed E-state index contributed by atoms with van der Waals surface area (Å²) in [6.07, 6.45) is -1.19. The summed E-state index contributed by atoms with van der Waals surface area (Å²) in [5, 5.41) is 2.46. The van der Waals surface area contributed by atoms with Gasteiger partial charge in [-0.25, -0.2) is 28.1 Å². The average Bonchev–Trinajstić information content (AvgIpc) is 3.71. The highest BCUT2D eigenvalue weighted by Crippen LogP contribution is 2.66. The number of unbranched alkanes of at least 4 members (excludes halogenated alkanes) is 1. The summed E-state index contributed by atoms with van der Waals surface area (Å²) in [5.41, 5.74) is 10.8. The summed E-state index contributed by atoms with van der Waals surface area (Å²) in [4.78, 5) is 117. The maximum absolute atomic E-state index is 13.4. The minimum atomic E-state index is -5.90. The molecule has 0 bridgehead atoms. The molecule has 0 spiro atoms. The molecule has 3 aromatic rings. The van der Waals surface area contributed by atoms with E-state index in [1.165, 1.54) is 39.8 Å². The third kappa shape index (κ3) is 20.4. The van der Waals surface area contributed by atoms with Crippen molar-refractivity contribution < 1.29 is 89.3 Å². The normalized spacial score (nSPS) is 18.1. The van der Waals surface area contributed by atoms with Gasteiger partial charge in [-0.2, -0.15) is 8.62 Å². The van der Waals surface area contributed by atoms with Crippen molar-refractivity contribution in [2.24, 2.45) is 11.5 Å². The molecule has 26 nitrogen and oxygen atoms in total. The minimum Gasteiger partial charge on any atom is -0.462 e. The fraction of sp³-hybridized carbons (Fsp3) is 0.476. The number of H-pyrrole nitrogens is 1. The Morgan fingerprint density at radius 1 is 0.932 bits per heavy atom. The summed E-state index contributed by atoms with van der Waals surface area (Å²) in [7, 11) is -14.3. The molecule has 1 amide bonds. The predicted octanol–water partition coefficient (Wildman–Crippen LogP) is 3.15. The molecule has 1 aliphatic heterocycles. The zero-order valence-corrected chi connectivity index (χ0v) is 43.8. The topological polar surface area (TPSA) is 393 Å². The lowest BCUT2D eigenvalue weighted by atomic mass is 10.00. The second-order valence-electron chi connectivity index (χ2n) is 15.5. The van der Waals surface area contributed by atoms with E-state index in [1.807, 2.05) is 13.2 Å². The van der Waals surface area contributed by atoms with Crippen LogP contribution in [0.2, 0.25) is 0 Å². The number of carbonyl (C=O) groups excluding carboxylic acids is 4. The van der Waals surface area contributed by atoms with Gasteiger partial charge in [0.15, 0.2) is 5.78 Å². The van der Waals surface area contributed by atoms with E-state index < -0.39 is 83.6 Å². The Labute approximate surface area is 425 Å². The van der Waals surface area contributed by atoms with Crippen LogP contribution in [0.15, 0.2) is 58.3 Å². The standard InChI is InChI=1S/C42H56N5O21P3S2/c1-26(44)30-10-4-5-11-32(30)41(52)66-35-22-38(65-36(35)25-64-70(57,58)68-71(59,60)67-69(54,55)56)47-23-29(39(50)46-42(47)53)9-8-16-45-37(49)12-6-7-17-63-40(51)33-21-28(13-14-31(33)27(2)73-72-3)34(48)24-62-20-19-61-18-15-43/h4-5,10-11,13-14,21,23,26-27,35-36,38H,6-7,12,15-20,22,24-25,43-44H2,1-3H3,(H,45,49)(H,57,58)(H,59,60)(H,46,50,53)(H2,54,55,56)/t26?,27?,35-,36?,38-/m1/s1. The number of ketones is 1. The highest BCUT2D eigenvalue weighted by atomic mass is 33.1. The fourth-order valence-electron chi connectivity index (χ4n) is 6.69. The third-order valence-corrected chi connectivity index (χ3v) is 16.0. The summed E-state index contributed by atoms with van der Waals surface area (Å²) in [6, 6.07) is 10.3.